The molecule has 1 aromatic carbocycles. The van der Waals surface area contributed by atoms with Crippen LogP contribution in [0.3, 0.4) is 0 Å². The summed E-state index contributed by atoms with van der Waals surface area (Å²) in [5.41, 5.74) is 0.384. The van der Waals surface area contributed by atoms with E-state index in [4.69, 9.17) is 5.11 Å². The number of carbonyl (C=O) groups excluding carboxylic acids is 2. The Hall–Kier alpha value is -2.65. The van der Waals surface area contributed by atoms with E-state index in [2.05, 4.69) is 0 Å². The molecule has 1 unspecified atom stereocenters. The number of rotatable bonds is 3. The Bertz CT molecular complexity index is 765. The summed E-state index contributed by atoms with van der Waals surface area (Å²) < 4.78 is 52.2. The van der Waals surface area contributed by atoms with Crippen molar-refractivity contribution in [2.24, 2.45) is 17.8 Å². The number of halogens is 4. The average molecular weight is 388 g/mol. The number of carboxylic acid groups (broad SMARTS) is 1. The van der Waals surface area contributed by atoms with Crippen LogP contribution in [0.4, 0.5) is 23.2 Å². The van der Waals surface area contributed by atoms with Crippen molar-refractivity contribution in [3.05, 3.63) is 30.1 Å². The zero-order chi connectivity index (χ0) is 19.9. The van der Waals surface area contributed by atoms with Crippen LogP contribution in [0, 0.1) is 23.6 Å². The first-order chi connectivity index (χ1) is 12.6. The predicted molar refractivity (Wildman–Crippen MR) is 84.1 cm³/mol. The zero-order valence-corrected chi connectivity index (χ0v) is 13.9. The number of carboxylic acids is 1. The molecule has 0 saturated carbocycles. The van der Waals surface area contributed by atoms with Gasteiger partial charge in [-0.05, 0) is 30.7 Å². The Labute approximate surface area is 151 Å². The molecule has 2 heterocycles. The number of benzene rings is 1. The number of hydrogen-bond acceptors (Lipinski definition) is 3. The van der Waals surface area contributed by atoms with Gasteiger partial charge in [0.25, 0.3) is 0 Å². The number of aliphatic carboxylic acids is 1. The quantitative estimate of drug-likeness (QED) is 0.634. The van der Waals surface area contributed by atoms with Crippen LogP contribution in [0.5, 0.6) is 0 Å². The van der Waals surface area contributed by atoms with Gasteiger partial charge in [0.1, 0.15) is 11.7 Å². The van der Waals surface area contributed by atoms with Gasteiger partial charge >= 0.3 is 12.1 Å². The van der Waals surface area contributed by atoms with Crippen molar-refractivity contribution >= 4 is 23.5 Å². The molecule has 27 heavy (non-hydrogen) atoms. The van der Waals surface area contributed by atoms with E-state index in [0.717, 1.165) is 17.0 Å². The average Bonchev–Trinajstić information content (AvgIpc) is 3.19. The Morgan fingerprint density at radius 2 is 1.74 bits per heavy atom. The maximum Gasteiger partial charge on any atom is 0.394 e. The van der Waals surface area contributed by atoms with Gasteiger partial charge in [-0.3, -0.25) is 14.4 Å². The highest BCUT2D eigenvalue weighted by molar-refractivity contribution is 6.09. The molecule has 2 amide bonds. The van der Waals surface area contributed by atoms with Gasteiger partial charge in [0, 0.05) is 25.3 Å². The second kappa shape index (κ2) is 6.82. The summed E-state index contributed by atoms with van der Waals surface area (Å²) in [6.07, 6.45) is -4.65. The summed E-state index contributed by atoms with van der Waals surface area (Å²) in [5.74, 6) is -8.60. The molecule has 10 heteroatoms. The molecule has 1 aromatic rings. The van der Waals surface area contributed by atoms with E-state index in [0.29, 0.717) is 5.69 Å². The van der Waals surface area contributed by atoms with Crippen LogP contribution in [0.15, 0.2) is 24.3 Å². The van der Waals surface area contributed by atoms with E-state index >= 15 is 0 Å². The predicted octanol–water partition coefficient (Wildman–Crippen LogP) is 1.90. The van der Waals surface area contributed by atoms with Crippen LogP contribution >= 0.6 is 0 Å². The van der Waals surface area contributed by atoms with Crippen molar-refractivity contribution in [1.29, 1.82) is 0 Å². The number of anilines is 1. The summed E-state index contributed by atoms with van der Waals surface area (Å²) in [4.78, 5) is 38.3. The van der Waals surface area contributed by atoms with Crippen molar-refractivity contribution in [2.45, 2.75) is 12.6 Å². The fourth-order valence-electron chi connectivity index (χ4n) is 3.57. The van der Waals surface area contributed by atoms with Crippen LogP contribution in [0.2, 0.25) is 0 Å². The molecule has 0 radical (unpaired) electrons. The highest BCUT2D eigenvalue weighted by atomic mass is 19.4. The minimum atomic E-state index is -4.75. The first-order valence-electron chi connectivity index (χ1n) is 8.25. The molecule has 0 aromatic heterocycles. The van der Waals surface area contributed by atoms with Gasteiger partial charge < -0.3 is 14.9 Å². The van der Waals surface area contributed by atoms with Gasteiger partial charge in [-0.2, -0.15) is 13.2 Å². The summed E-state index contributed by atoms with van der Waals surface area (Å²) >= 11 is 0. The number of alkyl halides is 3. The van der Waals surface area contributed by atoms with Gasteiger partial charge in [0.15, 0.2) is 0 Å². The molecule has 3 rings (SSSR count). The largest absolute Gasteiger partial charge is 0.481 e. The van der Waals surface area contributed by atoms with Crippen molar-refractivity contribution in [3.8, 4) is 0 Å². The molecule has 146 valence electrons. The smallest absolute Gasteiger partial charge is 0.394 e. The second-order valence-corrected chi connectivity index (χ2v) is 6.64. The lowest BCUT2D eigenvalue weighted by Gasteiger charge is -2.21. The molecule has 0 spiro atoms. The first kappa shape index (κ1) is 19.1. The van der Waals surface area contributed by atoms with E-state index in [1.165, 1.54) is 17.0 Å². The van der Waals surface area contributed by atoms with E-state index in [1.807, 2.05) is 0 Å². The topological polar surface area (TPSA) is 77.9 Å². The summed E-state index contributed by atoms with van der Waals surface area (Å²) in [7, 11) is 0. The third-order valence-electron chi connectivity index (χ3n) is 5.01. The lowest BCUT2D eigenvalue weighted by atomic mass is 9.96. The van der Waals surface area contributed by atoms with E-state index in [-0.39, 0.29) is 13.0 Å². The minimum Gasteiger partial charge on any atom is -0.481 e. The molecular weight excluding hydrogens is 372 g/mol. The molecule has 0 aliphatic carbocycles. The maximum absolute atomic E-state index is 13.1. The summed E-state index contributed by atoms with van der Waals surface area (Å²) in [5, 5.41) is 9.03. The maximum atomic E-state index is 13.1. The molecule has 1 N–H and O–H groups in total. The van der Waals surface area contributed by atoms with Crippen LogP contribution in [-0.4, -0.2) is 53.6 Å². The van der Waals surface area contributed by atoms with Crippen LogP contribution in [0.25, 0.3) is 0 Å². The number of amides is 2. The van der Waals surface area contributed by atoms with Crippen molar-refractivity contribution in [2.75, 3.05) is 24.5 Å². The highest BCUT2D eigenvalue weighted by Gasteiger charge is 2.54. The minimum absolute atomic E-state index is 0.0972. The molecule has 2 fully saturated rings. The molecule has 2 saturated heterocycles. The zero-order valence-electron chi connectivity index (χ0n) is 13.9. The SMILES string of the molecule is O=C(O)[C@@H]1CN(C(=O)C2CCN(c3ccc(F)cc3)C2=O)C[C@H]1C(F)(F)F. The van der Waals surface area contributed by atoms with Gasteiger partial charge in [-0.15, -0.1) is 0 Å². The number of carbonyl (C=O) groups is 3. The Kier molecular flexibility index (Phi) is 4.83. The lowest BCUT2D eigenvalue weighted by Crippen LogP contribution is -2.39. The van der Waals surface area contributed by atoms with Crippen molar-refractivity contribution in [3.63, 3.8) is 0 Å². The third kappa shape index (κ3) is 3.60. The van der Waals surface area contributed by atoms with Crippen LogP contribution in [0.1, 0.15) is 6.42 Å². The molecular formula is C17H16F4N2O4. The number of likely N-dealkylation sites (tertiary alicyclic amines) is 1. The van der Waals surface area contributed by atoms with E-state index in [1.54, 1.807) is 0 Å². The van der Waals surface area contributed by atoms with Gasteiger partial charge in [0.05, 0.1) is 11.8 Å². The van der Waals surface area contributed by atoms with Crippen LogP contribution in [-0.2, 0) is 14.4 Å². The summed E-state index contributed by atoms with van der Waals surface area (Å²) in [6.45, 7) is -1.20. The highest BCUT2D eigenvalue weighted by Crippen LogP contribution is 2.39. The van der Waals surface area contributed by atoms with Crippen LogP contribution < -0.4 is 4.90 Å². The monoisotopic (exact) mass is 388 g/mol. The fourth-order valence-corrected chi connectivity index (χ4v) is 3.57. The standard InChI is InChI=1S/C17H16F4N2O4/c18-9-1-3-10(4-2-9)23-6-5-11(15(23)25)14(24)22-7-12(16(26)27)13(8-22)17(19,20)21/h1-4,11-13H,5-8H2,(H,26,27)/t11?,12-,13-/m1/s1. The molecule has 0 bridgehead atoms. The van der Waals surface area contributed by atoms with E-state index in [9.17, 15) is 31.9 Å². The third-order valence-corrected chi connectivity index (χ3v) is 5.01. The first-order valence-corrected chi connectivity index (χ1v) is 8.25. The molecule has 2 aliphatic rings. The van der Waals surface area contributed by atoms with Gasteiger partial charge in [-0.1, -0.05) is 0 Å². The molecule has 2 aliphatic heterocycles. The van der Waals surface area contributed by atoms with Gasteiger partial charge in [0.2, 0.25) is 11.8 Å². The van der Waals surface area contributed by atoms with Gasteiger partial charge in [-0.25, -0.2) is 4.39 Å². The van der Waals surface area contributed by atoms with E-state index < -0.39 is 60.6 Å². The van der Waals surface area contributed by atoms with Crippen molar-refractivity contribution in [1.82, 2.24) is 4.90 Å². The number of nitrogens with zero attached hydrogens (tertiary/aromatic N) is 2. The fraction of sp³-hybridized carbons (Fsp3) is 0.471. The second-order valence-electron chi connectivity index (χ2n) is 6.64. The Balaban J connectivity index is 1.74. The van der Waals surface area contributed by atoms with Crippen molar-refractivity contribution < 1.29 is 37.1 Å². The lowest BCUT2D eigenvalue weighted by molar-refractivity contribution is -0.188. The summed E-state index contributed by atoms with van der Waals surface area (Å²) in [6, 6.07) is 5.05. The number of hydrogen-bond donors (Lipinski definition) is 1. The Morgan fingerprint density at radius 1 is 1.11 bits per heavy atom. The Morgan fingerprint density at radius 3 is 2.26 bits per heavy atom. The molecule has 3 atom stereocenters. The normalized spacial score (nSPS) is 25.9. The molecule has 6 nitrogen and oxygen atoms in total.